The van der Waals surface area contributed by atoms with Crippen LogP contribution in [-0.4, -0.2) is 75.6 Å². The number of nitrogens with zero attached hydrogens (tertiary/aromatic N) is 1. The summed E-state index contributed by atoms with van der Waals surface area (Å²) in [6.07, 6.45) is 16.9. The van der Waals surface area contributed by atoms with Gasteiger partial charge in [-0.3, -0.25) is 29.8 Å². The zero-order chi connectivity index (χ0) is 30.7. The second-order valence-electron chi connectivity index (χ2n) is 10.7. The number of aliphatic carboxylic acids is 3. The van der Waals surface area contributed by atoms with Gasteiger partial charge >= 0.3 is 17.9 Å². The first kappa shape index (κ1) is 38.3. The molecule has 0 saturated heterocycles. The molecule has 0 bridgehead atoms. The number of unbranched alkanes of at least 4 members (excludes halogenated alkanes) is 14. The average Bonchev–Trinajstić information content (AvgIpc) is 2.92. The molecule has 2 amide bonds. The Balaban J connectivity index is 3.95. The predicted molar refractivity (Wildman–Crippen MR) is 156 cm³/mol. The summed E-state index contributed by atoms with van der Waals surface area (Å²) in [4.78, 5) is 58.7. The van der Waals surface area contributed by atoms with E-state index in [1.165, 1.54) is 49.8 Å². The summed E-state index contributed by atoms with van der Waals surface area (Å²) in [5, 5.41) is 29.3. The third-order valence-corrected chi connectivity index (χ3v) is 7.06. The Morgan fingerprint density at radius 1 is 0.610 bits per heavy atom. The molecule has 0 aromatic carbocycles. The van der Waals surface area contributed by atoms with Crippen molar-refractivity contribution in [2.75, 3.05) is 19.6 Å². The molecule has 12 heteroatoms. The number of carbonyl (C=O) groups is 5. The van der Waals surface area contributed by atoms with Gasteiger partial charge in [0.2, 0.25) is 11.8 Å². The Labute approximate surface area is 244 Å². The Bertz CT molecular complexity index is 750. The van der Waals surface area contributed by atoms with Gasteiger partial charge in [-0.25, -0.2) is 5.43 Å². The first-order chi connectivity index (χ1) is 19.7. The molecule has 0 heterocycles. The number of nitrogens with one attached hydrogen (secondary N) is 2. The van der Waals surface area contributed by atoms with E-state index in [2.05, 4.69) is 10.7 Å². The van der Waals surface area contributed by atoms with E-state index in [-0.39, 0.29) is 44.2 Å². The van der Waals surface area contributed by atoms with Crippen LogP contribution in [-0.2, 0) is 24.0 Å². The average molecular weight is 587 g/mol. The van der Waals surface area contributed by atoms with Crippen molar-refractivity contribution in [3.05, 3.63) is 0 Å². The highest BCUT2D eigenvalue weighted by atomic mass is 16.4. The third kappa shape index (κ3) is 24.8. The summed E-state index contributed by atoms with van der Waals surface area (Å²) in [6, 6.07) is -0.842. The first-order valence-corrected chi connectivity index (χ1v) is 15.3. The molecule has 12 nitrogen and oxygen atoms in total. The number of nitrogens with two attached hydrogens (primary N) is 1. The number of rotatable bonds is 29. The van der Waals surface area contributed by atoms with Crippen molar-refractivity contribution in [1.29, 1.82) is 0 Å². The van der Waals surface area contributed by atoms with Gasteiger partial charge in [0.15, 0.2) is 0 Å². The van der Waals surface area contributed by atoms with Crippen LogP contribution in [0.1, 0.15) is 128 Å². The lowest BCUT2D eigenvalue weighted by molar-refractivity contribution is -0.141. The monoisotopic (exact) mass is 586 g/mol. The van der Waals surface area contributed by atoms with Gasteiger partial charge < -0.3 is 25.5 Å². The standard InChI is InChI=1S/C29H54N4O8/c30-32-24(29(40)41)17-15-16-21-31-25(34)23-33(22-20-28(38)39)26(35)18-13-11-9-7-5-3-1-2-4-6-8-10-12-14-19-27(36)37/h24,32H,1-23,30H2,(H,31,34)(H,36,37)(H,38,39)(H,40,41)/t24-/m0/s1. The van der Waals surface area contributed by atoms with E-state index in [0.717, 1.165) is 38.5 Å². The van der Waals surface area contributed by atoms with Crippen LogP contribution in [0, 0.1) is 0 Å². The van der Waals surface area contributed by atoms with Crippen LogP contribution in [0.5, 0.6) is 0 Å². The Kier molecular flexibility index (Phi) is 24.4. The quantitative estimate of drug-likeness (QED) is 0.0425. The number of hydrogen-bond acceptors (Lipinski definition) is 7. The van der Waals surface area contributed by atoms with Gasteiger partial charge in [-0.15, -0.1) is 0 Å². The van der Waals surface area contributed by atoms with Crippen LogP contribution in [0.2, 0.25) is 0 Å². The van der Waals surface area contributed by atoms with E-state index in [4.69, 9.17) is 21.2 Å². The molecule has 0 aromatic rings. The number of carboxylic acid groups (broad SMARTS) is 3. The number of hydrazine groups is 1. The molecular weight excluding hydrogens is 532 g/mol. The zero-order valence-electron chi connectivity index (χ0n) is 24.7. The molecule has 0 saturated carbocycles. The van der Waals surface area contributed by atoms with Crippen LogP contribution >= 0.6 is 0 Å². The minimum atomic E-state index is -1.04. The maximum Gasteiger partial charge on any atom is 0.322 e. The number of hydrogen-bond donors (Lipinski definition) is 6. The third-order valence-electron chi connectivity index (χ3n) is 7.06. The number of carboxylic acids is 3. The van der Waals surface area contributed by atoms with E-state index in [9.17, 15) is 24.0 Å². The lowest BCUT2D eigenvalue weighted by Gasteiger charge is -2.21. The summed E-state index contributed by atoms with van der Waals surface area (Å²) in [5.74, 6) is 1.82. The van der Waals surface area contributed by atoms with Crippen LogP contribution in [0.3, 0.4) is 0 Å². The van der Waals surface area contributed by atoms with E-state index >= 15 is 0 Å². The summed E-state index contributed by atoms with van der Waals surface area (Å²) >= 11 is 0. The normalized spacial score (nSPS) is 11.6. The summed E-state index contributed by atoms with van der Waals surface area (Å²) < 4.78 is 0. The van der Waals surface area contributed by atoms with Crippen molar-refractivity contribution in [1.82, 2.24) is 15.6 Å². The van der Waals surface area contributed by atoms with Crippen molar-refractivity contribution in [2.24, 2.45) is 5.84 Å². The van der Waals surface area contributed by atoms with Crippen molar-refractivity contribution in [3.8, 4) is 0 Å². The van der Waals surface area contributed by atoms with Gasteiger partial charge in [-0.2, -0.15) is 0 Å². The van der Waals surface area contributed by atoms with Crippen molar-refractivity contribution >= 4 is 29.7 Å². The molecule has 0 aliphatic rings. The molecule has 0 fully saturated rings. The molecule has 0 radical (unpaired) electrons. The van der Waals surface area contributed by atoms with E-state index < -0.39 is 23.9 Å². The van der Waals surface area contributed by atoms with Crippen molar-refractivity contribution in [3.63, 3.8) is 0 Å². The van der Waals surface area contributed by atoms with Crippen LogP contribution in [0.15, 0.2) is 0 Å². The number of amides is 2. The molecule has 1 atom stereocenters. The smallest absolute Gasteiger partial charge is 0.322 e. The Hall–Kier alpha value is -2.73. The van der Waals surface area contributed by atoms with Gasteiger partial charge in [0.05, 0.1) is 13.0 Å². The van der Waals surface area contributed by atoms with Gasteiger partial charge in [-0.05, 0) is 32.1 Å². The topological polar surface area (TPSA) is 199 Å². The molecule has 0 spiro atoms. The van der Waals surface area contributed by atoms with Crippen LogP contribution in [0.4, 0.5) is 0 Å². The van der Waals surface area contributed by atoms with Crippen LogP contribution < -0.4 is 16.6 Å². The predicted octanol–water partition coefficient (Wildman–Crippen LogP) is 3.82. The Morgan fingerprint density at radius 3 is 1.51 bits per heavy atom. The fraction of sp³-hybridized carbons (Fsp3) is 0.828. The second-order valence-corrected chi connectivity index (χ2v) is 10.7. The highest BCUT2D eigenvalue weighted by molar-refractivity contribution is 5.85. The fourth-order valence-electron chi connectivity index (χ4n) is 4.56. The molecule has 0 unspecified atom stereocenters. The first-order valence-electron chi connectivity index (χ1n) is 15.3. The molecule has 0 aromatic heterocycles. The molecule has 0 aliphatic heterocycles. The minimum Gasteiger partial charge on any atom is -0.481 e. The van der Waals surface area contributed by atoms with E-state index in [1.807, 2.05) is 0 Å². The highest BCUT2D eigenvalue weighted by Crippen LogP contribution is 2.14. The second kappa shape index (κ2) is 26.2. The molecular formula is C29H54N4O8. The largest absolute Gasteiger partial charge is 0.481 e. The summed E-state index contributed by atoms with van der Waals surface area (Å²) in [7, 11) is 0. The van der Waals surface area contributed by atoms with Gasteiger partial charge in [-0.1, -0.05) is 77.0 Å². The number of carbonyl (C=O) groups excluding carboxylic acids is 2. The van der Waals surface area contributed by atoms with Crippen molar-refractivity contribution in [2.45, 2.75) is 134 Å². The lowest BCUT2D eigenvalue weighted by Crippen LogP contribution is -2.42. The van der Waals surface area contributed by atoms with Gasteiger partial charge in [0.1, 0.15) is 6.04 Å². The van der Waals surface area contributed by atoms with E-state index in [1.54, 1.807) is 0 Å². The molecule has 0 aliphatic carbocycles. The molecule has 41 heavy (non-hydrogen) atoms. The van der Waals surface area contributed by atoms with E-state index in [0.29, 0.717) is 32.2 Å². The summed E-state index contributed by atoms with van der Waals surface area (Å²) in [6.45, 7) is 0.112. The zero-order valence-corrected chi connectivity index (χ0v) is 24.7. The van der Waals surface area contributed by atoms with Gasteiger partial charge in [0.25, 0.3) is 0 Å². The highest BCUT2D eigenvalue weighted by Gasteiger charge is 2.18. The molecule has 7 N–H and O–H groups in total. The maximum absolute atomic E-state index is 12.7. The fourth-order valence-corrected chi connectivity index (χ4v) is 4.56. The Morgan fingerprint density at radius 2 is 1.07 bits per heavy atom. The maximum atomic E-state index is 12.7. The SMILES string of the molecule is NN[C@@H](CCCCNC(=O)CN(CCC(=O)O)C(=O)CCCCCCCCCCCCCCCCC(=O)O)C(=O)O. The van der Waals surface area contributed by atoms with Crippen LogP contribution in [0.25, 0.3) is 0 Å². The van der Waals surface area contributed by atoms with Gasteiger partial charge in [0, 0.05) is 25.9 Å². The lowest BCUT2D eigenvalue weighted by atomic mass is 10.0. The van der Waals surface area contributed by atoms with Crippen molar-refractivity contribution < 1.29 is 39.3 Å². The molecule has 0 rings (SSSR count). The minimum absolute atomic E-state index is 0.0191. The molecule has 238 valence electrons. The summed E-state index contributed by atoms with van der Waals surface area (Å²) in [5.41, 5.74) is 2.22.